The number of nitrogens with zero attached hydrogens (tertiary/aromatic N) is 1. The lowest BCUT2D eigenvalue weighted by Crippen LogP contribution is -2.17. The Hall–Kier alpha value is -1.97. The van der Waals surface area contributed by atoms with Crippen molar-refractivity contribution in [2.75, 3.05) is 0 Å². The van der Waals surface area contributed by atoms with Crippen LogP contribution >= 0.6 is 23.2 Å². The number of benzene rings is 2. The second-order valence-corrected chi connectivity index (χ2v) is 5.60. The van der Waals surface area contributed by atoms with Crippen LogP contribution in [0.15, 0.2) is 48.5 Å². The van der Waals surface area contributed by atoms with E-state index < -0.39 is 5.91 Å². The minimum absolute atomic E-state index is 0.453. The largest absolute Gasteiger partial charge is 0.364 e. The molecule has 3 aromatic rings. The van der Waals surface area contributed by atoms with E-state index in [1.807, 2.05) is 34.9 Å². The molecule has 0 aliphatic rings. The first-order chi connectivity index (χ1) is 10.1. The van der Waals surface area contributed by atoms with Crippen molar-refractivity contribution in [2.45, 2.75) is 6.54 Å². The molecule has 21 heavy (non-hydrogen) atoms. The van der Waals surface area contributed by atoms with E-state index in [-0.39, 0.29) is 0 Å². The summed E-state index contributed by atoms with van der Waals surface area (Å²) in [6.45, 7) is 0.503. The van der Waals surface area contributed by atoms with Gasteiger partial charge in [-0.3, -0.25) is 4.79 Å². The molecule has 1 amide bonds. The Balaban J connectivity index is 2.12. The first-order valence-electron chi connectivity index (χ1n) is 6.38. The number of hydrogen-bond donors (Lipinski definition) is 1. The number of nitrogens with two attached hydrogens (primary N) is 1. The van der Waals surface area contributed by atoms with Crippen molar-refractivity contribution >= 4 is 40.0 Å². The number of primary amides is 1. The summed E-state index contributed by atoms with van der Waals surface area (Å²) in [5, 5.41) is 1.98. The summed E-state index contributed by atoms with van der Waals surface area (Å²) in [5.41, 5.74) is 7.86. The predicted octanol–water partition coefficient (Wildman–Crippen LogP) is 4.10. The Bertz CT molecular complexity index is 839. The summed E-state index contributed by atoms with van der Waals surface area (Å²) < 4.78 is 1.89. The van der Waals surface area contributed by atoms with Crippen molar-refractivity contribution in [3.8, 4) is 0 Å². The van der Waals surface area contributed by atoms with E-state index in [0.717, 1.165) is 16.5 Å². The molecule has 0 unspecified atom stereocenters. The summed E-state index contributed by atoms with van der Waals surface area (Å²) in [4.78, 5) is 11.7. The topological polar surface area (TPSA) is 48.0 Å². The molecular weight excluding hydrogens is 307 g/mol. The second-order valence-electron chi connectivity index (χ2n) is 4.79. The summed E-state index contributed by atoms with van der Waals surface area (Å²) in [6, 6.07) is 15.0. The molecule has 0 saturated carbocycles. The highest BCUT2D eigenvalue weighted by molar-refractivity contribution is 6.42. The number of halogens is 2. The van der Waals surface area contributed by atoms with Crippen molar-refractivity contribution in [1.82, 2.24) is 4.57 Å². The first-order valence-corrected chi connectivity index (χ1v) is 7.14. The highest BCUT2D eigenvalue weighted by atomic mass is 35.5. The van der Waals surface area contributed by atoms with Crippen molar-refractivity contribution in [3.05, 3.63) is 69.8 Å². The lowest BCUT2D eigenvalue weighted by molar-refractivity contribution is 0.0992. The van der Waals surface area contributed by atoms with E-state index in [2.05, 4.69) is 0 Å². The Morgan fingerprint density at radius 1 is 1.05 bits per heavy atom. The summed E-state index contributed by atoms with van der Waals surface area (Å²) in [5.74, 6) is -0.453. The van der Waals surface area contributed by atoms with Crippen LogP contribution in [-0.2, 0) is 6.54 Å². The molecule has 3 rings (SSSR count). The number of rotatable bonds is 3. The maximum atomic E-state index is 11.7. The molecule has 0 spiro atoms. The molecule has 0 fully saturated rings. The minimum Gasteiger partial charge on any atom is -0.364 e. The van der Waals surface area contributed by atoms with Crippen LogP contribution in [0.2, 0.25) is 10.0 Å². The maximum Gasteiger partial charge on any atom is 0.265 e. The molecule has 3 nitrogen and oxygen atoms in total. The highest BCUT2D eigenvalue weighted by Gasteiger charge is 2.13. The first kappa shape index (κ1) is 14.0. The molecule has 0 saturated heterocycles. The van der Waals surface area contributed by atoms with Crippen LogP contribution in [0.3, 0.4) is 0 Å². The van der Waals surface area contributed by atoms with Crippen LogP contribution < -0.4 is 5.73 Å². The van der Waals surface area contributed by atoms with Crippen molar-refractivity contribution in [3.63, 3.8) is 0 Å². The van der Waals surface area contributed by atoms with Gasteiger partial charge in [0, 0.05) is 17.4 Å². The van der Waals surface area contributed by atoms with Crippen LogP contribution in [0.1, 0.15) is 16.1 Å². The third-order valence-electron chi connectivity index (χ3n) is 3.39. The van der Waals surface area contributed by atoms with Gasteiger partial charge in [0.1, 0.15) is 5.69 Å². The molecule has 2 aromatic carbocycles. The number of carbonyl (C=O) groups excluding carboxylic acids is 1. The zero-order chi connectivity index (χ0) is 15.0. The van der Waals surface area contributed by atoms with Gasteiger partial charge >= 0.3 is 0 Å². The minimum atomic E-state index is -0.453. The molecule has 0 aliphatic carbocycles. The molecule has 0 bridgehead atoms. The van der Waals surface area contributed by atoms with Gasteiger partial charge in [-0.25, -0.2) is 0 Å². The Morgan fingerprint density at radius 3 is 2.52 bits per heavy atom. The number of para-hydroxylation sites is 1. The second kappa shape index (κ2) is 5.43. The molecule has 106 valence electrons. The lowest BCUT2D eigenvalue weighted by Gasteiger charge is -2.10. The van der Waals surface area contributed by atoms with Crippen molar-refractivity contribution < 1.29 is 4.79 Å². The van der Waals surface area contributed by atoms with E-state index in [4.69, 9.17) is 28.9 Å². The van der Waals surface area contributed by atoms with E-state index in [1.54, 1.807) is 18.2 Å². The number of hydrogen-bond acceptors (Lipinski definition) is 1. The number of amides is 1. The summed E-state index contributed by atoms with van der Waals surface area (Å²) in [6.07, 6.45) is 0. The third-order valence-corrected chi connectivity index (χ3v) is 4.13. The fourth-order valence-corrected chi connectivity index (χ4v) is 2.73. The quantitative estimate of drug-likeness (QED) is 0.776. The van der Waals surface area contributed by atoms with Gasteiger partial charge in [-0.05, 0) is 29.8 Å². The maximum absolute atomic E-state index is 11.7. The molecule has 0 aliphatic heterocycles. The van der Waals surface area contributed by atoms with E-state index in [9.17, 15) is 4.79 Å². The molecule has 0 atom stereocenters. The third kappa shape index (κ3) is 2.62. The lowest BCUT2D eigenvalue weighted by atomic mass is 10.2. The normalized spacial score (nSPS) is 11.0. The molecule has 1 heterocycles. The Labute approximate surface area is 131 Å². The van der Waals surface area contributed by atoms with Crippen LogP contribution in [0.25, 0.3) is 10.9 Å². The number of fused-ring (bicyclic) bond motifs is 1. The van der Waals surface area contributed by atoms with Gasteiger partial charge in [-0.2, -0.15) is 0 Å². The summed E-state index contributed by atoms with van der Waals surface area (Å²) >= 11 is 12.0. The molecule has 0 radical (unpaired) electrons. The van der Waals surface area contributed by atoms with Crippen molar-refractivity contribution in [1.29, 1.82) is 0 Å². The van der Waals surface area contributed by atoms with E-state index in [1.165, 1.54) is 0 Å². The summed E-state index contributed by atoms with van der Waals surface area (Å²) in [7, 11) is 0. The van der Waals surface area contributed by atoms with Gasteiger partial charge in [0.05, 0.1) is 10.0 Å². The standard InChI is InChI=1S/C16H12Cl2N2O/c17-12-6-5-10(7-13(12)18)9-20-14-4-2-1-3-11(14)8-15(20)16(19)21/h1-8H,9H2,(H2,19,21). The number of aromatic nitrogens is 1. The molecule has 2 N–H and O–H groups in total. The van der Waals surface area contributed by atoms with Crippen LogP contribution in [0, 0.1) is 0 Å². The van der Waals surface area contributed by atoms with E-state index >= 15 is 0 Å². The van der Waals surface area contributed by atoms with Gasteiger partial charge in [0.25, 0.3) is 5.91 Å². The van der Waals surface area contributed by atoms with Crippen LogP contribution in [0.5, 0.6) is 0 Å². The SMILES string of the molecule is NC(=O)c1cc2ccccc2n1Cc1ccc(Cl)c(Cl)c1. The molecule has 1 aromatic heterocycles. The monoisotopic (exact) mass is 318 g/mol. The average molecular weight is 319 g/mol. The average Bonchev–Trinajstić information content (AvgIpc) is 2.82. The zero-order valence-corrected chi connectivity index (χ0v) is 12.5. The molecule has 5 heteroatoms. The Kier molecular flexibility index (Phi) is 3.62. The number of carbonyl (C=O) groups is 1. The van der Waals surface area contributed by atoms with Gasteiger partial charge in [-0.15, -0.1) is 0 Å². The fraction of sp³-hybridized carbons (Fsp3) is 0.0625. The van der Waals surface area contributed by atoms with Gasteiger partial charge < -0.3 is 10.3 Å². The predicted molar refractivity (Wildman–Crippen MR) is 86.0 cm³/mol. The van der Waals surface area contributed by atoms with Gasteiger partial charge in [0.15, 0.2) is 0 Å². The smallest absolute Gasteiger partial charge is 0.265 e. The Morgan fingerprint density at radius 2 is 1.81 bits per heavy atom. The van der Waals surface area contributed by atoms with Crippen molar-refractivity contribution in [2.24, 2.45) is 5.73 Å². The highest BCUT2D eigenvalue weighted by Crippen LogP contribution is 2.25. The van der Waals surface area contributed by atoms with Crippen LogP contribution in [-0.4, -0.2) is 10.5 Å². The molecular formula is C16H12Cl2N2O. The van der Waals surface area contributed by atoms with Gasteiger partial charge in [-0.1, -0.05) is 47.5 Å². The van der Waals surface area contributed by atoms with E-state index in [0.29, 0.717) is 22.3 Å². The zero-order valence-electron chi connectivity index (χ0n) is 11.0. The van der Waals surface area contributed by atoms with Gasteiger partial charge in [0.2, 0.25) is 0 Å². The fourth-order valence-electron chi connectivity index (χ4n) is 2.41. The van der Waals surface area contributed by atoms with Crippen LogP contribution in [0.4, 0.5) is 0 Å².